The molecule has 4 aromatic rings. The maximum absolute atomic E-state index is 13.2. The van der Waals surface area contributed by atoms with Crippen LogP contribution in [0.3, 0.4) is 0 Å². The number of aryl methyl sites for hydroxylation is 2. The second kappa shape index (κ2) is 8.40. The summed E-state index contributed by atoms with van der Waals surface area (Å²) in [6.45, 7) is 3.68. The highest BCUT2D eigenvalue weighted by molar-refractivity contribution is 6.01. The van der Waals surface area contributed by atoms with E-state index in [-0.39, 0.29) is 11.5 Å². The summed E-state index contributed by atoms with van der Waals surface area (Å²) in [5.74, 6) is -0.400. The molecule has 5 heteroatoms. The molecule has 154 valence electrons. The molecule has 1 N–H and O–H groups in total. The Hall–Kier alpha value is -3.99. The minimum atomic E-state index is -0.539. The van der Waals surface area contributed by atoms with Crippen LogP contribution < -0.4 is 4.74 Å². The number of carbonyl (C=O) groups is 1. The number of ether oxygens (including phenoxy) is 1. The van der Waals surface area contributed by atoms with Crippen molar-refractivity contribution in [2.75, 3.05) is 0 Å². The molecule has 0 saturated heterocycles. The molecule has 31 heavy (non-hydrogen) atoms. The van der Waals surface area contributed by atoms with Gasteiger partial charge in [0.2, 0.25) is 0 Å². The molecule has 0 unspecified atom stereocenters. The molecular formula is C26H20FNO3. The number of pyridine rings is 1. The number of hydrogen-bond acceptors (Lipinski definition) is 4. The van der Waals surface area contributed by atoms with Crippen LogP contribution >= 0.6 is 0 Å². The first-order valence-electron chi connectivity index (χ1n) is 9.74. The average Bonchev–Trinajstić information content (AvgIpc) is 2.76. The standard InChI is InChI=1S/C26H20FNO3/c1-16-11-18(12-17(2)25(16)29)3-4-20-13-21-15-28-10-9-19(21)14-24(20)26(30)31-23-7-5-22(27)6-8-23/h3-15,29H,1-2H3/b4-3+. The van der Waals surface area contributed by atoms with Crippen molar-refractivity contribution in [2.24, 2.45) is 0 Å². The third-order valence-electron chi connectivity index (χ3n) is 5.02. The van der Waals surface area contributed by atoms with Crippen molar-refractivity contribution in [3.63, 3.8) is 0 Å². The van der Waals surface area contributed by atoms with E-state index >= 15 is 0 Å². The minimum Gasteiger partial charge on any atom is -0.507 e. The van der Waals surface area contributed by atoms with Crippen molar-refractivity contribution in [1.29, 1.82) is 0 Å². The van der Waals surface area contributed by atoms with Crippen molar-refractivity contribution < 1.29 is 19.0 Å². The van der Waals surface area contributed by atoms with Gasteiger partial charge >= 0.3 is 5.97 Å². The summed E-state index contributed by atoms with van der Waals surface area (Å²) in [4.78, 5) is 17.1. The fourth-order valence-electron chi connectivity index (χ4n) is 3.40. The lowest BCUT2D eigenvalue weighted by atomic mass is 10.00. The largest absolute Gasteiger partial charge is 0.507 e. The number of carbonyl (C=O) groups excluding carboxylic acids is 1. The second-order valence-electron chi connectivity index (χ2n) is 7.34. The van der Waals surface area contributed by atoms with Crippen LogP contribution in [-0.2, 0) is 0 Å². The highest BCUT2D eigenvalue weighted by Gasteiger charge is 2.14. The molecule has 0 amide bonds. The zero-order valence-corrected chi connectivity index (χ0v) is 17.1. The smallest absolute Gasteiger partial charge is 0.344 e. The molecule has 0 aliphatic carbocycles. The summed E-state index contributed by atoms with van der Waals surface area (Å²) in [6.07, 6.45) is 7.11. The first-order valence-corrected chi connectivity index (χ1v) is 9.74. The number of aromatic nitrogens is 1. The molecule has 4 nitrogen and oxygen atoms in total. The predicted molar refractivity (Wildman–Crippen MR) is 120 cm³/mol. The average molecular weight is 413 g/mol. The highest BCUT2D eigenvalue weighted by atomic mass is 19.1. The van der Waals surface area contributed by atoms with E-state index in [4.69, 9.17) is 4.74 Å². The van der Waals surface area contributed by atoms with Gasteiger partial charge in [-0.25, -0.2) is 9.18 Å². The molecule has 1 aromatic heterocycles. The third kappa shape index (κ3) is 4.46. The first-order chi connectivity index (χ1) is 14.9. The zero-order valence-electron chi connectivity index (χ0n) is 17.1. The van der Waals surface area contributed by atoms with Gasteiger partial charge in [0, 0.05) is 17.8 Å². The summed E-state index contributed by atoms with van der Waals surface area (Å²) >= 11 is 0. The number of esters is 1. The van der Waals surface area contributed by atoms with E-state index in [0.717, 1.165) is 27.5 Å². The Kier molecular flexibility index (Phi) is 5.50. The van der Waals surface area contributed by atoms with Gasteiger partial charge < -0.3 is 9.84 Å². The van der Waals surface area contributed by atoms with E-state index in [1.165, 1.54) is 24.3 Å². The van der Waals surface area contributed by atoms with Gasteiger partial charge in [0.05, 0.1) is 5.56 Å². The Morgan fingerprint density at radius 1 is 0.968 bits per heavy atom. The highest BCUT2D eigenvalue weighted by Crippen LogP contribution is 2.26. The molecule has 0 aliphatic heterocycles. The SMILES string of the molecule is Cc1cc(/C=C/c2cc3cnccc3cc2C(=O)Oc2ccc(F)cc2)cc(C)c1O. The van der Waals surface area contributed by atoms with E-state index in [2.05, 4.69) is 4.98 Å². The molecule has 0 saturated carbocycles. The van der Waals surface area contributed by atoms with Crippen molar-refractivity contribution >= 4 is 28.9 Å². The maximum Gasteiger partial charge on any atom is 0.344 e. The molecule has 0 aliphatic rings. The Labute approximate surface area is 179 Å². The van der Waals surface area contributed by atoms with Crippen LogP contribution in [-0.4, -0.2) is 16.1 Å². The van der Waals surface area contributed by atoms with Crippen LogP contribution in [0.4, 0.5) is 4.39 Å². The van der Waals surface area contributed by atoms with Crippen LogP contribution in [0.1, 0.15) is 32.6 Å². The van der Waals surface area contributed by atoms with Gasteiger partial charge in [0.15, 0.2) is 0 Å². The van der Waals surface area contributed by atoms with E-state index in [9.17, 15) is 14.3 Å². The van der Waals surface area contributed by atoms with Crippen LogP contribution in [0.2, 0.25) is 0 Å². The molecule has 1 heterocycles. The first kappa shape index (κ1) is 20.3. The fourth-order valence-corrected chi connectivity index (χ4v) is 3.40. The molecule has 0 atom stereocenters. The van der Waals surface area contributed by atoms with E-state index in [0.29, 0.717) is 11.1 Å². The number of phenols is 1. The van der Waals surface area contributed by atoms with Crippen molar-refractivity contribution in [3.8, 4) is 11.5 Å². The normalized spacial score (nSPS) is 11.2. The molecule has 0 radical (unpaired) electrons. The number of fused-ring (bicyclic) bond motifs is 1. The fraction of sp³-hybridized carbons (Fsp3) is 0.0769. The lowest BCUT2D eigenvalue weighted by Crippen LogP contribution is -2.10. The van der Waals surface area contributed by atoms with Crippen molar-refractivity contribution in [1.82, 2.24) is 4.98 Å². The van der Waals surface area contributed by atoms with E-state index in [1.54, 1.807) is 18.5 Å². The number of halogens is 1. The van der Waals surface area contributed by atoms with Crippen LogP contribution in [0.25, 0.3) is 22.9 Å². The van der Waals surface area contributed by atoms with Gasteiger partial charge in [-0.3, -0.25) is 4.98 Å². The molecular weight excluding hydrogens is 393 g/mol. The van der Waals surface area contributed by atoms with E-state index in [1.807, 2.05) is 50.3 Å². The number of aromatic hydroxyl groups is 1. The zero-order chi connectivity index (χ0) is 22.0. The van der Waals surface area contributed by atoms with Gasteiger partial charge in [-0.05, 0) is 96.1 Å². The molecule has 3 aromatic carbocycles. The Morgan fingerprint density at radius 2 is 1.68 bits per heavy atom. The number of benzene rings is 3. The summed E-state index contributed by atoms with van der Waals surface area (Å²) in [6, 6.07) is 14.5. The second-order valence-corrected chi connectivity index (χ2v) is 7.34. The maximum atomic E-state index is 13.2. The third-order valence-corrected chi connectivity index (χ3v) is 5.02. The molecule has 0 bridgehead atoms. The monoisotopic (exact) mass is 413 g/mol. The van der Waals surface area contributed by atoms with Gasteiger partial charge in [0.25, 0.3) is 0 Å². The number of phenolic OH excluding ortho intramolecular Hbond substituents is 1. The van der Waals surface area contributed by atoms with E-state index < -0.39 is 11.8 Å². The quantitative estimate of drug-likeness (QED) is 0.250. The number of nitrogens with zero attached hydrogens (tertiary/aromatic N) is 1. The van der Waals surface area contributed by atoms with Gasteiger partial charge in [-0.15, -0.1) is 0 Å². The van der Waals surface area contributed by atoms with Crippen molar-refractivity contribution in [2.45, 2.75) is 13.8 Å². The summed E-state index contributed by atoms with van der Waals surface area (Å²) in [5.41, 5.74) is 3.50. The lowest BCUT2D eigenvalue weighted by molar-refractivity contribution is 0.0734. The Bertz CT molecular complexity index is 1290. The van der Waals surface area contributed by atoms with Gasteiger partial charge in [0.1, 0.15) is 17.3 Å². The minimum absolute atomic E-state index is 0.265. The molecule has 0 fully saturated rings. The summed E-state index contributed by atoms with van der Waals surface area (Å²) in [7, 11) is 0. The lowest BCUT2D eigenvalue weighted by Gasteiger charge is -2.10. The number of hydrogen-bond donors (Lipinski definition) is 1. The topological polar surface area (TPSA) is 59.4 Å². The number of rotatable bonds is 4. The molecule has 0 spiro atoms. The van der Waals surface area contributed by atoms with Gasteiger partial charge in [-0.1, -0.05) is 12.2 Å². The molecule has 4 rings (SSSR count). The Morgan fingerprint density at radius 3 is 2.39 bits per heavy atom. The van der Waals surface area contributed by atoms with Crippen LogP contribution in [0, 0.1) is 19.7 Å². The Balaban J connectivity index is 1.74. The van der Waals surface area contributed by atoms with Crippen LogP contribution in [0.5, 0.6) is 11.5 Å². The van der Waals surface area contributed by atoms with Gasteiger partial charge in [-0.2, -0.15) is 0 Å². The predicted octanol–water partition coefficient (Wildman–Crippen LogP) is 6.09. The summed E-state index contributed by atoms with van der Waals surface area (Å²) < 4.78 is 18.6. The summed E-state index contributed by atoms with van der Waals surface area (Å²) in [5, 5.41) is 11.7. The van der Waals surface area contributed by atoms with Crippen molar-refractivity contribution in [3.05, 3.63) is 101 Å². The van der Waals surface area contributed by atoms with Crippen LogP contribution in [0.15, 0.2) is 67.0 Å².